The lowest BCUT2D eigenvalue weighted by atomic mass is 9.94. The second-order valence-electron chi connectivity index (χ2n) is 7.98. The maximum absolute atomic E-state index is 6.42. The second kappa shape index (κ2) is 7.71. The van der Waals surface area contributed by atoms with Gasteiger partial charge in [0.1, 0.15) is 0 Å². The van der Waals surface area contributed by atoms with Gasteiger partial charge in [-0.2, -0.15) is 0 Å². The average Bonchev–Trinajstić information content (AvgIpc) is 3.18. The SMILES string of the molecule is Clc1ccc2c3ccccc3n(-c3ccc(-c4ccccc4)c(-c4ccccc4)c3)c2c1. The lowest BCUT2D eigenvalue weighted by molar-refractivity contribution is 1.18. The van der Waals surface area contributed by atoms with Crippen LogP contribution in [0.4, 0.5) is 0 Å². The molecule has 0 fully saturated rings. The fourth-order valence-electron chi connectivity index (χ4n) is 4.62. The molecule has 1 heterocycles. The van der Waals surface area contributed by atoms with Crippen molar-refractivity contribution >= 4 is 33.4 Å². The zero-order valence-electron chi connectivity index (χ0n) is 17.4. The van der Waals surface area contributed by atoms with Gasteiger partial charge in [-0.15, -0.1) is 0 Å². The molecular weight excluding hydrogens is 410 g/mol. The van der Waals surface area contributed by atoms with E-state index in [0.29, 0.717) is 0 Å². The highest BCUT2D eigenvalue weighted by molar-refractivity contribution is 6.31. The first-order valence-electron chi connectivity index (χ1n) is 10.7. The molecule has 0 aliphatic carbocycles. The summed E-state index contributed by atoms with van der Waals surface area (Å²) in [6.45, 7) is 0. The van der Waals surface area contributed by atoms with Gasteiger partial charge in [0.2, 0.25) is 0 Å². The zero-order valence-corrected chi connectivity index (χ0v) is 18.1. The molecule has 0 spiro atoms. The predicted molar refractivity (Wildman–Crippen MR) is 137 cm³/mol. The van der Waals surface area contributed by atoms with Crippen LogP contribution in [-0.2, 0) is 0 Å². The van der Waals surface area contributed by atoms with Gasteiger partial charge < -0.3 is 4.57 Å². The molecule has 6 aromatic rings. The number of para-hydroxylation sites is 1. The summed E-state index contributed by atoms with van der Waals surface area (Å²) >= 11 is 6.42. The number of fused-ring (bicyclic) bond motifs is 3. The molecule has 0 unspecified atom stereocenters. The average molecular weight is 430 g/mol. The first-order valence-corrected chi connectivity index (χ1v) is 11.1. The van der Waals surface area contributed by atoms with Crippen LogP contribution in [0.1, 0.15) is 0 Å². The summed E-state index contributed by atoms with van der Waals surface area (Å²) in [6, 6.07) is 42.6. The Morgan fingerprint density at radius 2 is 1.09 bits per heavy atom. The summed E-state index contributed by atoms with van der Waals surface area (Å²) in [4.78, 5) is 0. The van der Waals surface area contributed by atoms with Gasteiger partial charge in [-0.25, -0.2) is 0 Å². The molecule has 0 bridgehead atoms. The minimum atomic E-state index is 0.741. The van der Waals surface area contributed by atoms with E-state index in [4.69, 9.17) is 11.6 Å². The maximum atomic E-state index is 6.42. The van der Waals surface area contributed by atoms with Crippen molar-refractivity contribution in [1.82, 2.24) is 4.57 Å². The molecule has 0 radical (unpaired) electrons. The van der Waals surface area contributed by atoms with E-state index < -0.39 is 0 Å². The van der Waals surface area contributed by atoms with Crippen molar-refractivity contribution in [2.24, 2.45) is 0 Å². The van der Waals surface area contributed by atoms with Crippen molar-refractivity contribution in [3.05, 3.63) is 126 Å². The summed E-state index contributed by atoms with van der Waals surface area (Å²) in [5.74, 6) is 0. The van der Waals surface area contributed by atoms with Crippen LogP contribution in [0.2, 0.25) is 5.02 Å². The minimum absolute atomic E-state index is 0.741. The van der Waals surface area contributed by atoms with Gasteiger partial charge in [0.25, 0.3) is 0 Å². The fraction of sp³-hybridized carbons (Fsp3) is 0. The van der Waals surface area contributed by atoms with Gasteiger partial charge in [-0.3, -0.25) is 0 Å². The van der Waals surface area contributed by atoms with Crippen molar-refractivity contribution < 1.29 is 0 Å². The molecule has 0 amide bonds. The number of halogens is 1. The van der Waals surface area contributed by atoms with Gasteiger partial charge >= 0.3 is 0 Å². The Morgan fingerprint density at radius 3 is 1.84 bits per heavy atom. The number of aromatic nitrogens is 1. The van der Waals surface area contributed by atoms with Crippen molar-refractivity contribution in [2.45, 2.75) is 0 Å². The van der Waals surface area contributed by atoms with Crippen LogP contribution in [0.25, 0.3) is 49.7 Å². The monoisotopic (exact) mass is 429 g/mol. The largest absolute Gasteiger partial charge is 0.309 e. The normalized spacial score (nSPS) is 11.3. The van der Waals surface area contributed by atoms with Crippen molar-refractivity contribution in [2.75, 3.05) is 0 Å². The molecule has 1 aromatic heterocycles. The lowest BCUT2D eigenvalue weighted by Gasteiger charge is -2.15. The van der Waals surface area contributed by atoms with E-state index in [1.54, 1.807) is 0 Å². The molecule has 5 aromatic carbocycles. The van der Waals surface area contributed by atoms with E-state index >= 15 is 0 Å². The Kier molecular flexibility index (Phi) is 4.56. The van der Waals surface area contributed by atoms with Crippen LogP contribution in [-0.4, -0.2) is 4.57 Å². The highest BCUT2D eigenvalue weighted by atomic mass is 35.5. The van der Waals surface area contributed by atoms with Crippen LogP contribution in [0, 0.1) is 0 Å². The summed E-state index contributed by atoms with van der Waals surface area (Å²) in [5.41, 5.74) is 8.26. The molecule has 0 N–H and O–H groups in total. The van der Waals surface area contributed by atoms with Gasteiger partial charge in [-0.05, 0) is 52.6 Å². The van der Waals surface area contributed by atoms with Crippen LogP contribution in [0.15, 0.2) is 121 Å². The fourth-order valence-corrected chi connectivity index (χ4v) is 4.79. The van der Waals surface area contributed by atoms with Gasteiger partial charge in [0.05, 0.1) is 11.0 Å². The Balaban J connectivity index is 1.67. The van der Waals surface area contributed by atoms with Crippen LogP contribution < -0.4 is 0 Å². The van der Waals surface area contributed by atoms with E-state index in [0.717, 1.165) is 16.2 Å². The van der Waals surface area contributed by atoms with Crippen LogP contribution in [0.5, 0.6) is 0 Å². The summed E-state index contributed by atoms with van der Waals surface area (Å²) in [7, 11) is 0. The zero-order chi connectivity index (χ0) is 21.5. The minimum Gasteiger partial charge on any atom is -0.309 e. The Morgan fingerprint density at radius 1 is 0.469 bits per heavy atom. The molecule has 1 nitrogen and oxygen atoms in total. The number of nitrogens with zero attached hydrogens (tertiary/aromatic N) is 1. The van der Waals surface area contributed by atoms with Gasteiger partial charge in [0.15, 0.2) is 0 Å². The van der Waals surface area contributed by atoms with Gasteiger partial charge in [0, 0.05) is 21.5 Å². The quantitative estimate of drug-likeness (QED) is 0.265. The third-order valence-corrected chi connectivity index (χ3v) is 6.30. The first-order chi connectivity index (χ1) is 15.8. The first kappa shape index (κ1) is 18.9. The molecule has 0 saturated carbocycles. The molecule has 0 aliphatic rings. The number of hydrogen-bond acceptors (Lipinski definition) is 0. The van der Waals surface area contributed by atoms with Crippen molar-refractivity contribution in [3.63, 3.8) is 0 Å². The maximum Gasteiger partial charge on any atom is 0.0555 e. The van der Waals surface area contributed by atoms with Crippen LogP contribution >= 0.6 is 11.6 Å². The van der Waals surface area contributed by atoms with Gasteiger partial charge in [-0.1, -0.05) is 103 Å². The molecular formula is C30H20ClN. The highest BCUT2D eigenvalue weighted by Crippen LogP contribution is 2.38. The molecule has 0 atom stereocenters. The summed E-state index contributed by atoms with van der Waals surface area (Å²) < 4.78 is 2.32. The molecule has 0 aliphatic heterocycles. The van der Waals surface area contributed by atoms with E-state index in [1.807, 2.05) is 6.07 Å². The lowest BCUT2D eigenvalue weighted by Crippen LogP contribution is -1.96. The standard InChI is InChI=1S/C30H20ClN/c31-23-15-17-27-26-13-7-8-14-29(26)32(30(27)19-23)24-16-18-25(21-9-3-1-4-10-21)28(20-24)22-11-5-2-6-12-22/h1-20H. The van der Waals surface area contributed by atoms with Crippen LogP contribution in [0.3, 0.4) is 0 Å². The Labute approximate surface area is 192 Å². The summed E-state index contributed by atoms with van der Waals surface area (Å²) in [6.07, 6.45) is 0. The summed E-state index contributed by atoms with van der Waals surface area (Å²) in [5, 5.41) is 3.18. The van der Waals surface area contributed by atoms with E-state index in [9.17, 15) is 0 Å². The Hall–Kier alpha value is -3.81. The van der Waals surface area contributed by atoms with E-state index in [1.165, 1.54) is 38.5 Å². The molecule has 2 heteroatoms. The topological polar surface area (TPSA) is 4.93 Å². The predicted octanol–water partition coefficient (Wildman–Crippen LogP) is 8.77. The molecule has 152 valence electrons. The second-order valence-corrected chi connectivity index (χ2v) is 8.41. The molecule has 6 rings (SSSR count). The van der Waals surface area contributed by atoms with E-state index in [-0.39, 0.29) is 0 Å². The number of benzene rings is 5. The van der Waals surface area contributed by atoms with Crippen molar-refractivity contribution in [3.8, 4) is 27.9 Å². The molecule has 0 saturated heterocycles. The third-order valence-electron chi connectivity index (χ3n) is 6.07. The molecule has 32 heavy (non-hydrogen) atoms. The van der Waals surface area contributed by atoms with E-state index in [2.05, 4.69) is 120 Å². The number of rotatable bonds is 3. The highest BCUT2D eigenvalue weighted by Gasteiger charge is 2.15. The smallest absolute Gasteiger partial charge is 0.0555 e. The Bertz CT molecular complexity index is 1560. The third kappa shape index (κ3) is 3.10. The van der Waals surface area contributed by atoms with Crippen molar-refractivity contribution in [1.29, 1.82) is 0 Å². The number of hydrogen-bond donors (Lipinski definition) is 0.